The summed E-state index contributed by atoms with van der Waals surface area (Å²) in [4.78, 5) is 24.8. The van der Waals surface area contributed by atoms with E-state index in [1.165, 1.54) is 6.20 Å². The Hall–Kier alpha value is -2.05. The van der Waals surface area contributed by atoms with E-state index in [1.807, 2.05) is 6.07 Å². The number of nitrogens with zero attached hydrogens (tertiary/aromatic N) is 1. The molecule has 1 heterocycles. The van der Waals surface area contributed by atoms with Crippen molar-refractivity contribution >= 4 is 40.6 Å². The Kier molecular flexibility index (Phi) is 7.34. The van der Waals surface area contributed by atoms with Crippen LogP contribution in [0.1, 0.15) is 53.3 Å². The normalized spacial score (nSPS) is 14.5. The molecule has 8 heteroatoms. The topological polar surface area (TPSA) is 81.4 Å². The van der Waals surface area contributed by atoms with Crippen LogP contribution in [0.2, 0.25) is 0 Å². The molecule has 1 aromatic carbocycles. The number of esters is 1. The molecule has 3 rings (SSSR count). The van der Waals surface area contributed by atoms with Crippen molar-refractivity contribution in [2.75, 3.05) is 24.3 Å². The third-order valence-corrected chi connectivity index (χ3v) is 5.37. The maximum atomic E-state index is 13.0. The van der Waals surface area contributed by atoms with Gasteiger partial charge in [-0.05, 0) is 31.4 Å². The number of halogens is 2. The fourth-order valence-electron chi connectivity index (χ4n) is 2.79. The number of carbonyl (C=O) groups is 2. The number of aromatic nitrogens is 1. The molecule has 1 aliphatic rings. The molecule has 0 bridgehead atoms. The van der Waals surface area contributed by atoms with E-state index < -0.39 is 0 Å². The third kappa shape index (κ3) is 5.49. The Bertz CT molecular complexity index is 820. The van der Waals surface area contributed by atoms with Gasteiger partial charge in [0.15, 0.2) is 11.5 Å². The Morgan fingerprint density at radius 1 is 1.29 bits per heavy atom. The van der Waals surface area contributed by atoms with Gasteiger partial charge in [0.05, 0.1) is 30.2 Å². The molecule has 150 valence electrons. The average Bonchev–Trinajstić information content (AvgIpc) is 3.44. The van der Waals surface area contributed by atoms with E-state index in [1.54, 1.807) is 18.2 Å². The SMILES string of the molecule is O=C(CCNc1ccccc1C(=O)c1cnoc1C1CC1)OCCC(Cl)CCl. The molecule has 1 fully saturated rings. The summed E-state index contributed by atoms with van der Waals surface area (Å²) in [6.45, 7) is 0.592. The van der Waals surface area contributed by atoms with Gasteiger partial charge in [-0.15, -0.1) is 23.2 Å². The molecule has 0 amide bonds. The molecule has 1 atom stereocenters. The van der Waals surface area contributed by atoms with E-state index >= 15 is 0 Å². The van der Waals surface area contributed by atoms with E-state index in [0.29, 0.717) is 47.3 Å². The Balaban J connectivity index is 1.55. The number of hydrogen-bond donors (Lipinski definition) is 1. The van der Waals surface area contributed by atoms with Crippen LogP contribution >= 0.6 is 23.2 Å². The standard InChI is InChI=1S/C20H22Cl2N2O4/c21-11-14(22)8-10-27-18(25)7-9-23-17-4-2-1-3-15(17)19(26)16-12-24-28-20(16)13-5-6-13/h1-4,12-14,23H,5-11H2. The highest BCUT2D eigenvalue weighted by atomic mass is 35.5. The van der Waals surface area contributed by atoms with Crippen molar-refractivity contribution in [3.8, 4) is 0 Å². The van der Waals surface area contributed by atoms with Crippen LogP contribution in [0.15, 0.2) is 35.0 Å². The zero-order chi connectivity index (χ0) is 19.9. The molecule has 1 N–H and O–H groups in total. The first-order valence-corrected chi connectivity index (χ1v) is 10.2. The van der Waals surface area contributed by atoms with Crippen molar-refractivity contribution in [2.45, 2.75) is 37.0 Å². The number of hydrogen-bond acceptors (Lipinski definition) is 6. The fourth-order valence-corrected chi connectivity index (χ4v) is 3.03. The van der Waals surface area contributed by atoms with Gasteiger partial charge in [-0.25, -0.2) is 0 Å². The molecule has 0 saturated heterocycles. The zero-order valence-corrected chi connectivity index (χ0v) is 16.8. The minimum atomic E-state index is -0.329. The molecular weight excluding hydrogens is 403 g/mol. The lowest BCUT2D eigenvalue weighted by Crippen LogP contribution is -2.15. The number of benzene rings is 1. The molecular formula is C20H22Cl2N2O4. The number of rotatable bonds is 11. The van der Waals surface area contributed by atoms with Crippen LogP contribution < -0.4 is 5.32 Å². The lowest BCUT2D eigenvalue weighted by atomic mass is 10.0. The number of ether oxygens (including phenoxy) is 1. The van der Waals surface area contributed by atoms with Gasteiger partial charge in [0, 0.05) is 29.6 Å². The lowest BCUT2D eigenvalue weighted by molar-refractivity contribution is -0.143. The van der Waals surface area contributed by atoms with Crippen LogP contribution in [-0.2, 0) is 9.53 Å². The highest BCUT2D eigenvalue weighted by Gasteiger charge is 2.33. The predicted octanol–water partition coefficient (Wildman–Crippen LogP) is 4.36. The zero-order valence-electron chi connectivity index (χ0n) is 15.3. The van der Waals surface area contributed by atoms with Gasteiger partial charge in [-0.3, -0.25) is 9.59 Å². The number of alkyl halides is 2. The van der Waals surface area contributed by atoms with Gasteiger partial charge in [-0.2, -0.15) is 0 Å². The third-order valence-electron chi connectivity index (χ3n) is 4.47. The average molecular weight is 425 g/mol. The van der Waals surface area contributed by atoms with E-state index in [-0.39, 0.29) is 30.2 Å². The van der Waals surface area contributed by atoms with Gasteiger partial charge in [-0.1, -0.05) is 17.3 Å². The maximum absolute atomic E-state index is 13.0. The summed E-state index contributed by atoms with van der Waals surface area (Å²) in [5, 5.41) is 6.73. The summed E-state index contributed by atoms with van der Waals surface area (Å²) in [6, 6.07) is 7.19. The summed E-state index contributed by atoms with van der Waals surface area (Å²) in [5.74, 6) is 0.814. The summed E-state index contributed by atoms with van der Waals surface area (Å²) >= 11 is 11.5. The van der Waals surface area contributed by atoms with E-state index in [4.69, 9.17) is 32.5 Å². The molecule has 2 aromatic rings. The van der Waals surface area contributed by atoms with Gasteiger partial charge < -0.3 is 14.6 Å². The Morgan fingerprint density at radius 3 is 2.82 bits per heavy atom. The van der Waals surface area contributed by atoms with Crippen molar-refractivity contribution in [3.63, 3.8) is 0 Å². The molecule has 0 radical (unpaired) electrons. The highest BCUT2D eigenvalue weighted by molar-refractivity contribution is 6.28. The molecule has 6 nitrogen and oxygen atoms in total. The minimum Gasteiger partial charge on any atom is -0.466 e. The quantitative estimate of drug-likeness (QED) is 0.327. The van der Waals surface area contributed by atoms with Crippen LogP contribution in [0.3, 0.4) is 0 Å². The molecule has 0 aliphatic heterocycles. The van der Waals surface area contributed by atoms with Gasteiger partial charge in [0.2, 0.25) is 0 Å². The van der Waals surface area contributed by atoms with Crippen LogP contribution in [-0.4, -0.2) is 41.3 Å². The number of para-hydroxylation sites is 1. The lowest BCUT2D eigenvalue weighted by Gasteiger charge is -2.11. The maximum Gasteiger partial charge on any atom is 0.307 e. The van der Waals surface area contributed by atoms with Gasteiger partial charge in [0.1, 0.15) is 0 Å². The van der Waals surface area contributed by atoms with Crippen LogP contribution in [0, 0.1) is 0 Å². The number of anilines is 1. The summed E-state index contributed by atoms with van der Waals surface area (Å²) < 4.78 is 10.4. The number of nitrogens with one attached hydrogen (secondary N) is 1. The first kappa shape index (κ1) is 20.7. The first-order valence-electron chi connectivity index (χ1n) is 9.28. The number of ketones is 1. The molecule has 1 saturated carbocycles. The molecule has 1 aliphatic carbocycles. The van der Waals surface area contributed by atoms with Gasteiger partial charge >= 0.3 is 5.97 Å². The Labute approximate surface area is 173 Å². The monoisotopic (exact) mass is 424 g/mol. The van der Waals surface area contributed by atoms with Crippen molar-refractivity contribution in [1.82, 2.24) is 5.16 Å². The fraction of sp³-hybridized carbons (Fsp3) is 0.450. The van der Waals surface area contributed by atoms with Crippen molar-refractivity contribution < 1.29 is 18.8 Å². The minimum absolute atomic E-state index is 0.136. The highest BCUT2D eigenvalue weighted by Crippen LogP contribution is 2.42. The van der Waals surface area contributed by atoms with Crippen molar-refractivity contribution in [2.24, 2.45) is 0 Å². The van der Waals surface area contributed by atoms with E-state index in [9.17, 15) is 9.59 Å². The van der Waals surface area contributed by atoms with Crippen LogP contribution in [0.5, 0.6) is 0 Å². The summed E-state index contributed by atoms with van der Waals surface area (Å²) in [7, 11) is 0. The van der Waals surface area contributed by atoms with Crippen LogP contribution in [0.4, 0.5) is 5.69 Å². The smallest absolute Gasteiger partial charge is 0.307 e. The molecule has 1 unspecified atom stereocenters. The largest absolute Gasteiger partial charge is 0.466 e. The summed E-state index contributed by atoms with van der Waals surface area (Å²) in [5.41, 5.74) is 1.69. The summed E-state index contributed by atoms with van der Waals surface area (Å²) in [6.07, 6.45) is 4.22. The number of carbonyl (C=O) groups excluding carboxylic acids is 2. The second-order valence-corrected chi connectivity index (χ2v) is 7.62. The van der Waals surface area contributed by atoms with Gasteiger partial charge in [0.25, 0.3) is 0 Å². The second kappa shape index (κ2) is 9.94. The Morgan fingerprint density at radius 2 is 2.07 bits per heavy atom. The molecule has 1 aromatic heterocycles. The molecule has 28 heavy (non-hydrogen) atoms. The van der Waals surface area contributed by atoms with E-state index in [2.05, 4.69) is 10.5 Å². The predicted molar refractivity (Wildman–Crippen MR) is 107 cm³/mol. The second-order valence-electron chi connectivity index (χ2n) is 6.69. The molecule has 0 spiro atoms. The van der Waals surface area contributed by atoms with Crippen molar-refractivity contribution in [3.05, 3.63) is 47.3 Å². The van der Waals surface area contributed by atoms with Crippen molar-refractivity contribution in [1.29, 1.82) is 0 Å². The van der Waals surface area contributed by atoms with E-state index in [0.717, 1.165) is 12.8 Å². The van der Waals surface area contributed by atoms with Crippen LogP contribution in [0.25, 0.3) is 0 Å². The first-order chi connectivity index (χ1) is 13.6.